The molecule has 2 fully saturated rings. The SMILES string of the molecule is C=CC(=O)OCCCCCCOC(=O)Oc1ccc(C(=O)Oc2ccc(C(=O)Oc3ccc(C(=O)O[C@H]4COC5C4OC[C@H]5OC(=O)c4ccc(OC(=O)c5ccc(OC(=O)c6ccc(OC(=O)OCCCCCCOC(=O)C=C)cc6)cc5)cc4)cc3)cc2)cc1. The molecule has 478 valence electrons. The molecule has 2 saturated heterocycles. The zero-order valence-electron chi connectivity index (χ0n) is 49.4. The van der Waals surface area contributed by atoms with Gasteiger partial charge in [-0.2, -0.15) is 0 Å². The van der Waals surface area contributed by atoms with Crippen LogP contribution in [0.5, 0.6) is 34.5 Å². The van der Waals surface area contributed by atoms with E-state index in [0.717, 1.165) is 37.8 Å². The van der Waals surface area contributed by atoms with Crippen LogP contribution in [0.4, 0.5) is 9.59 Å². The molecule has 8 rings (SSSR count). The van der Waals surface area contributed by atoms with Crippen LogP contribution in [-0.4, -0.2) is 124 Å². The first-order chi connectivity index (χ1) is 44.6. The summed E-state index contributed by atoms with van der Waals surface area (Å²) in [6.45, 7) is 7.44. The van der Waals surface area contributed by atoms with E-state index in [1.807, 2.05) is 0 Å². The van der Waals surface area contributed by atoms with Crippen molar-refractivity contribution in [3.05, 3.63) is 204 Å². The molecule has 2 aliphatic rings. The Labute approximate surface area is 526 Å². The first-order valence-corrected chi connectivity index (χ1v) is 29.0. The summed E-state index contributed by atoms with van der Waals surface area (Å²) in [7, 11) is 0. The van der Waals surface area contributed by atoms with Crippen molar-refractivity contribution in [3.8, 4) is 34.5 Å². The first kappa shape index (κ1) is 67.0. The summed E-state index contributed by atoms with van der Waals surface area (Å²) in [6.07, 6.45) is 2.82. The molecule has 2 unspecified atom stereocenters. The van der Waals surface area contributed by atoms with E-state index in [4.69, 9.17) is 66.3 Å². The van der Waals surface area contributed by atoms with Gasteiger partial charge in [0, 0.05) is 12.2 Å². The van der Waals surface area contributed by atoms with Crippen molar-refractivity contribution in [2.24, 2.45) is 0 Å². The highest BCUT2D eigenvalue weighted by Crippen LogP contribution is 2.32. The molecule has 2 heterocycles. The molecule has 4 atom stereocenters. The van der Waals surface area contributed by atoms with Crippen molar-refractivity contribution >= 4 is 60.1 Å². The Morgan fingerprint density at radius 2 is 0.543 bits per heavy atom. The predicted molar refractivity (Wildman–Crippen MR) is 320 cm³/mol. The molecule has 24 nitrogen and oxygen atoms in total. The van der Waals surface area contributed by atoms with Crippen molar-refractivity contribution in [3.63, 3.8) is 0 Å². The Kier molecular flexibility index (Phi) is 24.8. The largest absolute Gasteiger partial charge is 0.513 e. The number of carbonyl (C=O) groups is 10. The highest BCUT2D eigenvalue weighted by Gasteiger charge is 2.51. The molecule has 0 N–H and O–H groups in total. The van der Waals surface area contributed by atoms with Gasteiger partial charge in [0.15, 0.2) is 12.2 Å². The molecule has 0 aromatic heterocycles. The minimum Gasteiger partial charge on any atom is -0.463 e. The molecule has 24 heteroatoms. The molecule has 0 saturated carbocycles. The van der Waals surface area contributed by atoms with E-state index in [0.29, 0.717) is 25.7 Å². The number of unbranched alkanes of at least 4 members (excludes halogenated alkanes) is 6. The Hall–Kier alpha value is -11.0. The Morgan fingerprint density at radius 1 is 0.315 bits per heavy atom. The molecular formula is C68H62O24. The third-order valence-electron chi connectivity index (χ3n) is 13.6. The monoisotopic (exact) mass is 1260 g/mol. The molecular weight excluding hydrogens is 1200 g/mol. The van der Waals surface area contributed by atoms with Crippen LogP contribution in [0.25, 0.3) is 0 Å². The van der Waals surface area contributed by atoms with Gasteiger partial charge in [-0.15, -0.1) is 0 Å². The van der Waals surface area contributed by atoms with Crippen LogP contribution in [0.15, 0.2) is 171 Å². The van der Waals surface area contributed by atoms with E-state index < -0.39 is 84.5 Å². The van der Waals surface area contributed by atoms with Crippen LogP contribution in [0, 0.1) is 0 Å². The van der Waals surface area contributed by atoms with Crippen LogP contribution >= 0.6 is 0 Å². The van der Waals surface area contributed by atoms with Crippen LogP contribution in [0.3, 0.4) is 0 Å². The van der Waals surface area contributed by atoms with Crippen LogP contribution in [0.2, 0.25) is 0 Å². The van der Waals surface area contributed by atoms with Gasteiger partial charge in [-0.25, -0.2) is 47.9 Å². The van der Waals surface area contributed by atoms with E-state index in [1.54, 1.807) is 0 Å². The van der Waals surface area contributed by atoms with Gasteiger partial charge in [-0.05, 0) is 197 Å². The van der Waals surface area contributed by atoms with E-state index in [2.05, 4.69) is 13.2 Å². The second-order valence-electron chi connectivity index (χ2n) is 20.2. The summed E-state index contributed by atoms with van der Waals surface area (Å²) in [4.78, 5) is 124. The number of ether oxygens (including phenoxy) is 14. The number of hydrogen-bond acceptors (Lipinski definition) is 24. The van der Waals surface area contributed by atoms with Gasteiger partial charge in [0.25, 0.3) is 0 Å². The Balaban J connectivity index is 0.694. The topological polar surface area (TPSA) is 300 Å². The minimum absolute atomic E-state index is 0.0412. The molecule has 6 aromatic carbocycles. The fourth-order valence-electron chi connectivity index (χ4n) is 8.80. The lowest BCUT2D eigenvalue weighted by molar-refractivity contribution is -0.138. The minimum atomic E-state index is -0.904. The highest BCUT2D eigenvalue weighted by atomic mass is 16.7. The van der Waals surface area contributed by atoms with Gasteiger partial charge in [0.05, 0.1) is 73.0 Å². The predicted octanol–water partition coefficient (Wildman–Crippen LogP) is 10.7. The summed E-state index contributed by atoms with van der Waals surface area (Å²) < 4.78 is 75.3. The first-order valence-electron chi connectivity index (χ1n) is 29.0. The lowest BCUT2D eigenvalue weighted by Crippen LogP contribution is -2.36. The van der Waals surface area contributed by atoms with Crippen molar-refractivity contribution in [1.29, 1.82) is 0 Å². The quantitative estimate of drug-likeness (QED) is 0.0101. The molecule has 6 aromatic rings. The van der Waals surface area contributed by atoms with Crippen molar-refractivity contribution < 1.29 is 114 Å². The Morgan fingerprint density at radius 3 is 0.793 bits per heavy atom. The lowest BCUT2D eigenvalue weighted by atomic mass is 10.1. The standard InChI is InChI=1S/C68H62O24/c1-3-57(69)79-37-9-5-7-11-39-81-67(77)89-53-33-21-45(22-34-53)63(73)85-49-25-13-43(14-26-49)61(71)87-51-29-17-47(18-30-51)65(75)91-55-41-83-60-56(42-84-59(55)60)92-66(76)48-19-31-52(32-20-48)88-62(72)44-15-27-50(28-16-44)86-64(74)46-23-35-54(36-24-46)90-68(78)82-40-12-8-6-10-38-80-58(70)4-2/h3-4,13-36,55-56,59-60H,1-2,5-12,37-42H2/t55-,56+,59?,60?. The van der Waals surface area contributed by atoms with E-state index in [-0.39, 0.29) is 108 Å². The van der Waals surface area contributed by atoms with Crippen molar-refractivity contribution in [1.82, 2.24) is 0 Å². The van der Waals surface area contributed by atoms with Crippen molar-refractivity contribution in [2.45, 2.75) is 75.8 Å². The lowest BCUT2D eigenvalue weighted by Gasteiger charge is -2.17. The average molecular weight is 1260 g/mol. The fraction of sp³-hybridized carbons (Fsp3) is 0.265. The fourth-order valence-corrected chi connectivity index (χ4v) is 8.80. The summed E-state index contributed by atoms with van der Waals surface area (Å²) in [5.74, 6) is -4.45. The van der Waals surface area contributed by atoms with Crippen LogP contribution in [-0.2, 0) is 47.5 Å². The van der Waals surface area contributed by atoms with Gasteiger partial charge in [0.1, 0.15) is 46.7 Å². The molecule has 0 bridgehead atoms. The summed E-state index contributed by atoms with van der Waals surface area (Å²) >= 11 is 0. The van der Waals surface area contributed by atoms with E-state index in [9.17, 15) is 47.9 Å². The second-order valence-corrected chi connectivity index (χ2v) is 20.2. The maximum atomic E-state index is 13.2. The summed E-state index contributed by atoms with van der Waals surface area (Å²) in [5, 5.41) is 0. The molecule has 92 heavy (non-hydrogen) atoms. The van der Waals surface area contributed by atoms with Gasteiger partial charge < -0.3 is 66.3 Å². The number of fused-ring (bicyclic) bond motifs is 1. The molecule has 0 aliphatic carbocycles. The normalized spacial score (nSPS) is 15.2. The van der Waals surface area contributed by atoms with Gasteiger partial charge >= 0.3 is 60.1 Å². The number of carbonyl (C=O) groups excluding carboxylic acids is 10. The summed E-state index contributed by atoms with van der Waals surface area (Å²) in [5.41, 5.74) is 0.855. The molecule has 2 aliphatic heterocycles. The van der Waals surface area contributed by atoms with Gasteiger partial charge in [-0.1, -0.05) is 13.2 Å². The van der Waals surface area contributed by atoms with Gasteiger partial charge in [0.2, 0.25) is 0 Å². The maximum Gasteiger partial charge on any atom is 0.513 e. The Bertz CT molecular complexity index is 3330. The number of esters is 8. The van der Waals surface area contributed by atoms with Gasteiger partial charge in [-0.3, -0.25) is 0 Å². The number of benzene rings is 6. The van der Waals surface area contributed by atoms with E-state index in [1.165, 1.54) is 146 Å². The zero-order chi connectivity index (χ0) is 65.2. The second kappa shape index (κ2) is 34.1. The zero-order valence-corrected chi connectivity index (χ0v) is 49.4. The molecule has 0 radical (unpaired) electrons. The van der Waals surface area contributed by atoms with Crippen molar-refractivity contribution in [2.75, 3.05) is 39.6 Å². The molecule has 0 spiro atoms. The van der Waals surface area contributed by atoms with E-state index >= 15 is 0 Å². The third kappa shape index (κ3) is 20.5. The smallest absolute Gasteiger partial charge is 0.463 e. The maximum absolute atomic E-state index is 13.2. The number of rotatable bonds is 30. The van der Waals surface area contributed by atoms with Crippen LogP contribution < -0.4 is 28.4 Å². The third-order valence-corrected chi connectivity index (χ3v) is 13.6. The summed E-state index contributed by atoms with van der Waals surface area (Å²) in [6, 6.07) is 33.7. The van der Waals surface area contributed by atoms with Crippen LogP contribution in [0.1, 0.15) is 114 Å². The molecule has 0 amide bonds. The average Bonchev–Trinajstić information content (AvgIpc) is 1.71. The number of hydrogen-bond donors (Lipinski definition) is 0. The highest BCUT2D eigenvalue weighted by molar-refractivity contribution is 5.95.